The van der Waals surface area contributed by atoms with E-state index in [1.54, 1.807) is 11.9 Å². The molecule has 0 spiro atoms. The first-order valence-corrected chi connectivity index (χ1v) is 8.67. The zero-order valence-electron chi connectivity index (χ0n) is 14.7. The summed E-state index contributed by atoms with van der Waals surface area (Å²) < 4.78 is 0. The lowest BCUT2D eigenvalue weighted by Gasteiger charge is -2.17. The fourth-order valence-corrected chi connectivity index (χ4v) is 3.10. The summed E-state index contributed by atoms with van der Waals surface area (Å²) in [5.74, 6) is -0.324. The second kappa shape index (κ2) is 7.51. The van der Waals surface area contributed by atoms with Gasteiger partial charge in [-0.25, -0.2) is 0 Å². The van der Waals surface area contributed by atoms with Gasteiger partial charge < -0.3 is 10.2 Å². The Morgan fingerprint density at radius 2 is 1.72 bits per heavy atom. The van der Waals surface area contributed by atoms with Crippen molar-refractivity contribution in [3.8, 4) is 0 Å². The number of rotatable bonds is 6. The van der Waals surface area contributed by atoms with E-state index in [4.69, 9.17) is 0 Å². The van der Waals surface area contributed by atoms with E-state index in [2.05, 4.69) is 5.32 Å². The smallest absolute Gasteiger partial charge is 0.226 e. The average molecular weight is 336 g/mol. The van der Waals surface area contributed by atoms with E-state index in [0.717, 1.165) is 16.7 Å². The Morgan fingerprint density at radius 1 is 1.04 bits per heavy atom. The lowest BCUT2D eigenvalue weighted by molar-refractivity contribution is -0.134. The molecule has 2 unspecified atom stereocenters. The minimum absolute atomic E-state index is 0.0188. The first-order chi connectivity index (χ1) is 12.1. The standard InChI is InChI=1S/C21H24N2O2/c1-15-8-6-7-11-17(15)13-22-20(24)18-12-19(18)21(25)23(2)14-16-9-4-3-5-10-16/h3-11,18-19H,12-14H2,1-2H3,(H,22,24). The van der Waals surface area contributed by atoms with E-state index in [9.17, 15) is 9.59 Å². The summed E-state index contributed by atoms with van der Waals surface area (Å²) in [4.78, 5) is 26.5. The molecular formula is C21H24N2O2. The fourth-order valence-electron chi connectivity index (χ4n) is 3.10. The highest BCUT2D eigenvalue weighted by Crippen LogP contribution is 2.40. The van der Waals surface area contributed by atoms with Gasteiger partial charge in [0.2, 0.25) is 11.8 Å². The summed E-state index contributed by atoms with van der Waals surface area (Å²) >= 11 is 0. The molecule has 1 fully saturated rings. The quantitative estimate of drug-likeness (QED) is 0.882. The fraction of sp³-hybridized carbons (Fsp3) is 0.333. The molecule has 0 saturated heterocycles. The topological polar surface area (TPSA) is 49.4 Å². The first kappa shape index (κ1) is 17.2. The van der Waals surface area contributed by atoms with Crippen molar-refractivity contribution < 1.29 is 9.59 Å². The van der Waals surface area contributed by atoms with E-state index in [1.165, 1.54) is 0 Å². The van der Waals surface area contributed by atoms with Crippen LogP contribution in [0.5, 0.6) is 0 Å². The van der Waals surface area contributed by atoms with Gasteiger partial charge in [-0.1, -0.05) is 54.6 Å². The minimum atomic E-state index is -0.185. The van der Waals surface area contributed by atoms with Crippen molar-refractivity contribution in [2.24, 2.45) is 11.8 Å². The molecule has 1 N–H and O–H groups in total. The average Bonchev–Trinajstić information content (AvgIpc) is 3.42. The SMILES string of the molecule is Cc1ccccc1CNC(=O)C1CC1C(=O)N(C)Cc1ccccc1. The Balaban J connectivity index is 1.49. The van der Waals surface area contributed by atoms with Crippen molar-refractivity contribution in [3.05, 3.63) is 71.3 Å². The zero-order valence-corrected chi connectivity index (χ0v) is 14.7. The number of hydrogen-bond donors (Lipinski definition) is 1. The molecule has 25 heavy (non-hydrogen) atoms. The van der Waals surface area contributed by atoms with Gasteiger partial charge in [-0.05, 0) is 30.0 Å². The second-order valence-electron chi connectivity index (χ2n) is 6.77. The van der Waals surface area contributed by atoms with Gasteiger partial charge in [-0.15, -0.1) is 0 Å². The van der Waals surface area contributed by atoms with E-state index < -0.39 is 0 Å². The van der Waals surface area contributed by atoms with Gasteiger partial charge in [0.15, 0.2) is 0 Å². The van der Waals surface area contributed by atoms with Crippen LogP contribution in [0.4, 0.5) is 0 Å². The third-order valence-electron chi connectivity index (χ3n) is 4.80. The third-order valence-corrected chi connectivity index (χ3v) is 4.80. The van der Waals surface area contributed by atoms with Crippen LogP contribution in [0.25, 0.3) is 0 Å². The highest BCUT2D eigenvalue weighted by atomic mass is 16.2. The van der Waals surface area contributed by atoms with Crippen LogP contribution in [-0.2, 0) is 22.7 Å². The lowest BCUT2D eigenvalue weighted by atomic mass is 10.1. The molecule has 130 valence electrons. The number of amides is 2. The van der Waals surface area contributed by atoms with Gasteiger partial charge in [-0.2, -0.15) is 0 Å². The van der Waals surface area contributed by atoms with E-state index in [-0.39, 0.29) is 23.7 Å². The Labute approximate surface area is 148 Å². The minimum Gasteiger partial charge on any atom is -0.352 e. The molecule has 2 aromatic carbocycles. The normalized spacial score (nSPS) is 18.5. The van der Waals surface area contributed by atoms with Crippen LogP contribution in [0.2, 0.25) is 0 Å². The van der Waals surface area contributed by atoms with Gasteiger partial charge in [0.05, 0.1) is 11.8 Å². The van der Waals surface area contributed by atoms with Crippen LogP contribution < -0.4 is 5.32 Å². The van der Waals surface area contributed by atoms with Crippen molar-refractivity contribution in [2.45, 2.75) is 26.4 Å². The molecule has 0 radical (unpaired) electrons. The van der Waals surface area contributed by atoms with Crippen molar-refractivity contribution in [2.75, 3.05) is 7.05 Å². The van der Waals surface area contributed by atoms with Crippen LogP contribution in [0.1, 0.15) is 23.1 Å². The second-order valence-corrected chi connectivity index (χ2v) is 6.77. The number of nitrogens with one attached hydrogen (secondary N) is 1. The molecule has 1 aliphatic carbocycles. The van der Waals surface area contributed by atoms with Crippen LogP contribution in [-0.4, -0.2) is 23.8 Å². The molecular weight excluding hydrogens is 312 g/mol. The van der Waals surface area contributed by atoms with E-state index >= 15 is 0 Å². The van der Waals surface area contributed by atoms with Gasteiger partial charge in [0, 0.05) is 20.1 Å². The molecule has 0 aromatic heterocycles. The maximum absolute atomic E-state index is 12.5. The summed E-state index contributed by atoms with van der Waals surface area (Å²) in [6.07, 6.45) is 0.650. The maximum atomic E-state index is 12.5. The Morgan fingerprint density at radius 3 is 2.44 bits per heavy atom. The summed E-state index contributed by atoms with van der Waals surface area (Å²) in [6.45, 7) is 3.12. The van der Waals surface area contributed by atoms with Crippen molar-refractivity contribution in [3.63, 3.8) is 0 Å². The lowest BCUT2D eigenvalue weighted by Crippen LogP contribution is -2.31. The number of aryl methyl sites for hydroxylation is 1. The van der Waals surface area contributed by atoms with Crippen LogP contribution in [0, 0.1) is 18.8 Å². The molecule has 1 aliphatic rings. The Kier molecular flexibility index (Phi) is 5.17. The van der Waals surface area contributed by atoms with Crippen molar-refractivity contribution in [1.29, 1.82) is 0 Å². The van der Waals surface area contributed by atoms with Crippen LogP contribution in [0.15, 0.2) is 54.6 Å². The highest BCUT2D eigenvalue weighted by Gasteiger charge is 2.48. The van der Waals surface area contributed by atoms with Gasteiger partial charge in [-0.3, -0.25) is 9.59 Å². The molecule has 3 rings (SSSR count). The maximum Gasteiger partial charge on any atom is 0.226 e. The Hall–Kier alpha value is -2.62. The number of benzene rings is 2. The predicted octanol–water partition coefficient (Wildman–Crippen LogP) is 2.91. The first-order valence-electron chi connectivity index (χ1n) is 8.67. The third kappa shape index (κ3) is 4.27. The van der Waals surface area contributed by atoms with Gasteiger partial charge in [0.1, 0.15) is 0 Å². The molecule has 0 heterocycles. The van der Waals surface area contributed by atoms with E-state index in [0.29, 0.717) is 19.5 Å². The number of nitrogens with zero attached hydrogens (tertiary/aromatic N) is 1. The van der Waals surface area contributed by atoms with Crippen molar-refractivity contribution >= 4 is 11.8 Å². The Bertz CT molecular complexity index is 758. The molecule has 2 aromatic rings. The molecule has 4 heteroatoms. The van der Waals surface area contributed by atoms with Gasteiger partial charge >= 0.3 is 0 Å². The van der Waals surface area contributed by atoms with Crippen LogP contribution in [0.3, 0.4) is 0 Å². The summed E-state index contributed by atoms with van der Waals surface area (Å²) in [7, 11) is 1.80. The molecule has 4 nitrogen and oxygen atoms in total. The summed E-state index contributed by atoms with van der Waals surface area (Å²) in [6, 6.07) is 17.9. The molecule has 0 bridgehead atoms. The zero-order chi connectivity index (χ0) is 17.8. The molecule has 1 saturated carbocycles. The largest absolute Gasteiger partial charge is 0.352 e. The summed E-state index contributed by atoms with van der Waals surface area (Å²) in [5, 5.41) is 2.97. The number of carbonyl (C=O) groups is 2. The monoisotopic (exact) mass is 336 g/mol. The van der Waals surface area contributed by atoms with Crippen molar-refractivity contribution in [1.82, 2.24) is 10.2 Å². The number of carbonyl (C=O) groups excluding carboxylic acids is 2. The van der Waals surface area contributed by atoms with Gasteiger partial charge in [0.25, 0.3) is 0 Å². The highest BCUT2D eigenvalue weighted by molar-refractivity contribution is 5.92. The van der Waals surface area contributed by atoms with E-state index in [1.807, 2.05) is 61.5 Å². The predicted molar refractivity (Wildman–Crippen MR) is 97.5 cm³/mol. The molecule has 2 atom stereocenters. The molecule has 0 aliphatic heterocycles. The molecule has 2 amide bonds. The van der Waals surface area contributed by atoms with Crippen LogP contribution >= 0.6 is 0 Å². The summed E-state index contributed by atoms with van der Waals surface area (Å²) in [5.41, 5.74) is 3.37. The number of hydrogen-bond acceptors (Lipinski definition) is 2.